The maximum absolute atomic E-state index is 9.54. The minimum Gasteiger partial charge on any atom is -0.394 e. The summed E-state index contributed by atoms with van der Waals surface area (Å²) in [6.07, 6.45) is 6.73. The van der Waals surface area contributed by atoms with Crippen LogP contribution in [0.2, 0.25) is 0 Å². The van der Waals surface area contributed by atoms with E-state index in [9.17, 15) is 5.11 Å². The van der Waals surface area contributed by atoms with E-state index in [1.807, 2.05) is 0 Å². The second-order valence-electron chi connectivity index (χ2n) is 7.42. The molecular formula is C16H34N2O. The van der Waals surface area contributed by atoms with Crippen LogP contribution in [0.15, 0.2) is 0 Å². The molecule has 0 unspecified atom stereocenters. The van der Waals surface area contributed by atoms with Crippen LogP contribution in [0.5, 0.6) is 0 Å². The Morgan fingerprint density at radius 3 is 2.26 bits per heavy atom. The van der Waals surface area contributed by atoms with Gasteiger partial charge >= 0.3 is 0 Å². The number of hydrogen-bond acceptors (Lipinski definition) is 3. The van der Waals surface area contributed by atoms with E-state index in [2.05, 4.69) is 45.0 Å². The predicted octanol–water partition coefficient (Wildman–Crippen LogP) is 2.64. The van der Waals surface area contributed by atoms with E-state index in [1.54, 1.807) is 0 Å². The summed E-state index contributed by atoms with van der Waals surface area (Å²) >= 11 is 0. The summed E-state index contributed by atoms with van der Waals surface area (Å²) in [5, 5.41) is 13.2. The van der Waals surface area contributed by atoms with Gasteiger partial charge in [-0.1, -0.05) is 33.1 Å². The molecule has 3 heteroatoms. The van der Waals surface area contributed by atoms with Crippen LogP contribution in [0.3, 0.4) is 0 Å². The Kier molecular flexibility index (Phi) is 6.28. The molecule has 0 bridgehead atoms. The molecule has 2 N–H and O–H groups in total. The Balaban J connectivity index is 2.68. The fraction of sp³-hybridized carbons (Fsp3) is 1.00. The quantitative estimate of drug-likeness (QED) is 0.746. The molecule has 0 saturated heterocycles. The molecule has 1 fully saturated rings. The first-order valence-electron chi connectivity index (χ1n) is 7.87. The van der Waals surface area contributed by atoms with Gasteiger partial charge in [0.05, 0.1) is 6.61 Å². The SMILES string of the molecule is CC(C)NCC1(CN(C)C(C)(C)CO)CCCCC1. The van der Waals surface area contributed by atoms with Gasteiger partial charge in [-0.05, 0) is 39.2 Å². The molecule has 1 saturated carbocycles. The van der Waals surface area contributed by atoms with Crippen LogP contribution in [-0.2, 0) is 0 Å². The highest BCUT2D eigenvalue weighted by molar-refractivity contribution is 4.91. The lowest BCUT2D eigenvalue weighted by Gasteiger charge is -2.45. The van der Waals surface area contributed by atoms with E-state index in [4.69, 9.17) is 0 Å². The van der Waals surface area contributed by atoms with Gasteiger partial charge in [-0.3, -0.25) is 4.90 Å². The highest BCUT2D eigenvalue weighted by atomic mass is 16.3. The van der Waals surface area contributed by atoms with Gasteiger partial charge in [-0.15, -0.1) is 0 Å². The summed E-state index contributed by atoms with van der Waals surface area (Å²) in [6.45, 7) is 11.1. The molecule has 1 rings (SSSR count). The smallest absolute Gasteiger partial charge is 0.0609 e. The molecule has 0 heterocycles. The number of hydrogen-bond donors (Lipinski definition) is 2. The summed E-state index contributed by atoms with van der Waals surface area (Å²) in [7, 11) is 2.15. The number of nitrogens with zero attached hydrogens (tertiary/aromatic N) is 1. The number of rotatable bonds is 7. The van der Waals surface area contributed by atoms with Crippen LogP contribution in [0, 0.1) is 5.41 Å². The topological polar surface area (TPSA) is 35.5 Å². The molecule has 0 aromatic heterocycles. The van der Waals surface area contributed by atoms with Gasteiger partial charge in [-0.2, -0.15) is 0 Å². The van der Waals surface area contributed by atoms with Crippen molar-refractivity contribution < 1.29 is 5.11 Å². The minimum atomic E-state index is -0.123. The molecule has 0 aromatic rings. The van der Waals surface area contributed by atoms with E-state index < -0.39 is 0 Å². The Morgan fingerprint density at radius 2 is 1.79 bits per heavy atom. The molecular weight excluding hydrogens is 236 g/mol. The molecule has 0 aliphatic heterocycles. The standard InChI is InChI=1S/C16H34N2O/c1-14(2)17-11-16(9-7-6-8-10-16)12-18(5)15(3,4)13-19/h14,17,19H,6-13H2,1-5H3. The number of likely N-dealkylation sites (N-methyl/N-ethyl adjacent to an activating group) is 1. The molecule has 0 atom stereocenters. The molecule has 1 aliphatic carbocycles. The minimum absolute atomic E-state index is 0.123. The van der Waals surface area contributed by atoms with Gasteiger partial charge in [0.15, 0.2) is 0 Å². The number of aliphatic hydroxyl groups excluding tert-OH is 1. The third kappa shape index (κ3) is 5.05. The summed E-state index contributed by atoms with van der Waals surface area (Å²) in [6, 6.07) is 0.551. The van der Waals surface area contributed by atoms with Crippen molar-refractivity contribution in [2.24, 2.45) is 5.41 Å². The third-order valence-corrected chi connectivity index (χ3v) is 4.79. The normalized spacial score (nSPS) is 20.2. The van der Waals surface area contributed by atoms with Crippen molar-refractivity contribution in [3.05, 3.63) is 0 Å². The van der Waals surface area contributed by atoms with Gasteiger partial charge in [0.2, 0.25) is 0 Å². The average Bonchev–Trinajstić information content (AvgIpc) is 2.37. The van der Waals surface area contributed by atoms with Gasteiger partial charge in [0, 0.05) is 24.7 Å². The summed E-state index contributed by atoms with van der Waals surface area (Å²) < 4.78 is 0. The van der Waals surface area contributed by atoms with Crippen LogP contribution < -0.4 is 5.32 Å². The van der Waals surface area contributed by atoms with E-state index >= 15 is 0 Å². The number of nitrogens with one attached hydrogen (secondary N) is 1. The molecule has 1 aliphatic rings. The fourth-order valence-corrected chi connectivity index (χ4v) is 2.95. The van der Waals surface area contributed by atoms with Crippen molar-refractivity contribution in [1.82, 2.24) is 10.2 Å². The van der Waals surface area contributed by atoms with Gasteiger partial charge in [0.1, 0.15) is 0 Å². The van der Waals surface area contributed by atoms with Crippen molar-refractivity contribution in [3.63, 3.8) is 0 Å². The monoisotopic (exact) mass is 270 g/mol. The molecule has 114 valence electrons. The van der Waals surface area contributed by atoms with Crippen molar-refractivity contribution >= 4 is 0 Å². The average molecular weight is 270 g/mol. The lowest BCUT2D eigenvalue weighted by atomic mass is 9.73. The van der Waals surface area contributed by atoms with Crippen molar-refractivity contribution in [2.75, 3.05) is 26.7 Å². The van der Waals surface area contributed by atoms with Crippen LogP contribution >= 0.6 is 0 Å². The van der Waals surface area contributed by atoms with Gasteiger partial charge in [0.25, 0.3) is 0 Å². The maximum Gasteiger partial charge on any atom is 0.0609 e. The molecule has 19 heavy (non-hydrogen) atoms. The van der Waals surface area contributed by atoms with Crippen LogP contribution in [0.25, 0.3) is 0 Å². The highest BCUT2D eigenvalue weighted by Gasteiger charge is 2.36. The molecule has 0 radical (unpaired) electrons. The van der Waals surface area contributed by atoms with E-state index in [1.165, 1.54) is 32.1 Å². The molecule has 0 aromatic carbocycles. The van der Waals surface area contributed by atoms with Crippen molar-refractivity contribution in [1.29, 1.82) is 0 Å². The second-order valence-corrected chi connectivity index (χ2v) is 7.42. The van der Waals surface area contributed by atoms with Crippen molar-refractivity contribution in [3.8, 4) is 0 Å². The van der Waals surface area contributed by atoms with Crippen LogP contribution in [0.1, 0.15) is 59.8 Å². The molecule has 0 amide bonds. The van der Waals surface area contributed by atoms with E-state index in [-0.39, 0.29) is 12.1 Å². The zero-order valence-electron chi connectivity index (χ0n) is 13.6. The largest absolute Gasteiger partial charge is 0.394 e. The fourth-order valence-electron chi connectivity index (χ4n) is 2.95. The van der Waals surface area contributed by atoms with Gasteiger partial charge in [-0.25, -0.2) is 0 Å². The highest BCUT2D eigenvalue weighted by Crippen LogP contribution is 2.37. The Labute approximate surface area is 119 Å². The molecule has 3 nitrogen and oxygen atoms in total. The van der Waals surface area contributed by atoms with Crippen LogP contribution in [-0.4, -0.2) is 48.3 Å². The first kappa shape index (κ1) is 16.9. The Bertz CT molecular complexity index is 257. The van der Waals surface area contributed by atoms with E-state index in [0.29, 0.717) is 11.5 Å². The first-order valence-corrected chi connectivity index (χ1v) is 7.87. The third-order valence-electron chi connectivity index (χ3n) is 4.79. The maximum atomic E-state index is 9.54. The summed E-state index contributed by atoms with van der Waals surface area (Å²) in [5.74, 6) is 0. The van der Waals surface area contributed by atoms with Crippen molar-refractivity contribution in [2.45, 2.75) is 71.4 Å². The number of aliphatic hydroxyl groups is 1. The first-order chi connectivity index (χ1) is 8.81. The summed E-state index contributed by atoms with van der Waals surface area (Å²) in [5.41, 5.74) is 0.270. The Morgan fingerprint density at radius 1 is 1.21 bits per heavy atom. The molecule has 0 spiro atoms. The summed E-state index contributed by atoms with van der Waals surface area (Å²) in [4.78, 5) is 2.35. The Hall–Kier alpha value is -0.120. The van der Waals surface area contributed by atoms with Gasteiger partial charge < -0.3 is 10.4 Å². The predicted molar refractivity (Wildman–Crippen MR) is 82.5 cm³/mol. The second kappa shape index (κ2) is 7.05. The zero-order valence-corrected chi connectivity index (χ0v) is 13.6. The van der Waals surface area contributed by atoms with Crippen LogP contribution in [0.4, 0.5) is 0 Å². The zero-order chi connectivity index (χ0) is 14.5. The lowest BCUT2D eigenvalue weighted by molar-refractivity contribution is 0.0252. The lowest BCUT2D eigenvalue weighted by Crippen LogP contribution is -2.52. The van der Waals surface area contributed by atoms with E-state index in [0.717, 1.165) is 13.1 Å².